The Bertz CT molecular complexity index is 3120. The van der Waals surface area contributed by atoms with Crippen molar-refractivity contribution in [3.63, 3.8) is 0 Å². The van der Waals surface area contributed by atoms with Crippen LogP contribution in [-0.2, 0) is 16.2 Å². The maximum Gasteiger partial charge on any atom is 0.0465 e. The minimum atomic E-state index is -0.151. The molecule has 0 bridgehead atoms. The zero-order chi connectivity index (χ0) is 39.3. The van der Waals surface area contributed by atoms with Crippen molar-refractivity contribution in [1.29, 1.82) is 0 Å². The van der Waals surface area contributed by atoms with Gasteiger partial charge in [-0.25, -0.2) is 0 Å². The van der Waals surface area contributed by atoms with Gasteiger partial charge in [0.25, 0.3) is 0 Å². The van der Waals surface area contributed by atoms with Gasteiger partial charge in [-0.05, 0) is 148 Å². The predicted molar refractivity (Wildman–Crippen MR) is 246 cm³/mol. The van der Waals surface area contributed by atoms with Gasteiger partial charge in [0.05, 0.1) is 0 Å². The highest BCUT2D eigenvalue weighted by Gasteiger charge is 2.40. The van der Waals surface area contributed by atoms with E-state index < -0.39 is 0 Å². The summed E-state index contributed by atoms with van der Waals surface area (Å²) in [5.74, 6) is 0. The molecular weight excluding hydrogens is 699 g/mol. The molecule has 9 aromatic carbocycles. The molecule has 1 nitrogen and oxygen atoms in total. The molecule has 0 aromatic heterocycles. The molecule has 278 valence electrons. The van der Waals surface area contributed by atoms with Crippen LogP contribution in [0.25, 0.3) is 65.7 Å². The second-order valence-corrected chi connectivity index (χ2v) is 18.6. The number of nitrogens with zero attached hydrogens (tertiary/aromatic N) is 1. The van der Waals surface area contributed by atoms with Gasteiger partial charge in [0.1, 0.15) is 0 Å². The minimum Gasteiger partial charge on any atom is -0.310 e. The summed E-state index contributed by atoms with van der Waals surface area (Å²) in [7, 11) is 0. The molecular formula is C57H45N. The van der Waals surface area contributed by atoms with Gasteiger partial charge in [0, 0.05) is 33.3 Å². The Morgan fingerprint density at radius 1 is 0.293 bits per heavy atom. The van der Waals surface area contributed by atoms with Crippen molar-refractivity contribution in [2.75, 3.05) is 4.90 Å². The van der Waals surface area contributed by atoms with E-state index in [-0.39, 0.29) is 16.2 Å². The van der Waals surface area contributed by atoms with Crippen molar-refractivity contribution < 1.29 is 0 Å². The molecule has 3 aliphatic rings. The van der Waals surface area contributed by atoms with Gasteiger partial charge in [0.2, 0.25) is 0 Å². The largest absolute Gasteiger partial charge is 0.310 e. The molecule has 0 aliphatic heterocycles. The van der Waals surface area contributed by atoms with E-state index in [1.54, 1.807) is 0 Å². The molecule has 0 fully saturated rings. The van der Waals surface area contributed by atoms with Crippen molar-refractivity contribution in [3.05, 3.63) is 197 Å². The first-order valence-corrected chi connectivity index (χ1v) is 20.8. The SMILES string of the molecule is CC1(C)c2cc(N(c3ccc4c(c3)C(C)(C)c3ccc5ccccc5c3-4)c3ccc4c(c3)C(C)(C)c3ccc5ccccc5c3-4)ccc2-c2cc3ccccc3cc21. The van der Waals surface area contributed by atoms with Gasteiger partial charge in [-0.2, -0.15) is 0 Å². The molecule has 0 atom stereocenters. The zero-order valence-corrected chi connectivity index (χ0v) is 34.0. The Balaban J connectivity index is 1.08. The monoisotopic (exact) mass is 743 g/mol. The summed E-state index contributed by atoms with van der Waals surface area (Å²) < 4.78 is 0. The van der Waals surface area contributed by atoms with Gasteiger partial charge in [0.15, 0.2) is 0 Å². The molecule has 0 radical (unpaired) electrons. The van der Waals surface area contributed by atoms with E-state index in [1.165, 1.54) is 116 Å². The minimum absolute atomic E-state index is 0.150. The molecule has 3 aliphatic carbocycles. The Morgan fingerprint density at radius 3 is 1.17 bits per heavy atom. The summed E-state index contributed by atoms with van der Waals surface area (Å²) in [6.07, 6.45) is 0. The number of rotatable bonds is 3. The third-order valence-corrected chi connectivity index (χ3v) is 14.4. The van der Waals surface area contributed by atoms with E-state index in [4.69, 9.17) is 0 Å². The molecule has 0 N–H and O–H groups in total. The maximum absolute atomic E-state index is 2.53. The highest BCUT2D eigenvalue weighted by molar-refractivity contribution is 6.05. The smallest absolute Gasteiger partial charge is 0.0465 e. The Kier molecular flexibility index (Phi) is 6.60. The fraction of sp³-hybridized carbons (Fsp3) is 0.158. The van der Waals surface area contributed by atoms with E-state index >= 15 is 0 Å². The molecule has 0 saturated carbocycles. The highest BCUT2D eigenvalue weighted by Crippen LogP contribution is 2.57. The van der Waals surface area contributed by atoms with Crippen molar-refractivity contribution in [3.8, 4) is 33.4 Å². The first kappa shape index (κ1) is 33.7. The molecule has 0 saturated heterocycles. The fourth-order valence-electron chi connectivity index (χ4n) is 11.3. The number of benzene rings is 9. The van der Waals surface area contributed by atoms with Crippen LogP contribution in [0, 0.1) is 0 Å². The number of hydrogen-bond acceptors (Lipinski definition) is 1. The number of hydrogen-bond donors (Lipinski definition) is 0. The summed E-state index contributed by atoms with van der Waals surface area (Å²) in [5, 5.41) is 7.84. The van der Waals surface area contributed by atoms with E-state index in [0.29, 0.717) is 0 Å². The van der Waals surface area contributed by atoms with Crippen LogP contribution in [0.1, 0.15) is 74.9 Å². The molecule has 0 spiro atoms. The van der Waals surface area contributed by atoms with Gasteiger partial charge >= 0.3 is 0 Å². The maximum atomic E-state index is 2.53. The van der Waals surface area contributed by atoms with Crippen LogP contribution in [-0.4, -0.2) is 0 Å². The quantitative estimate of drug-likeness (QED) is 0.174. The lowest BCUT2D eigenvalue weighted by Gasteiger charge is -2.31. The van der Waals surface area contributed by atoms with Gasteiger partial charge < -0.3 is 4.90 Å². The van der Waals surface area contributed by atoms with Crippen molar-refractivity contribution in [2.24, 2.45) is 0 Å². The first-order valence-electron chi connectivity index (χ1n) is 20.8. The standard InChI is InChI=1S/C57H45N/c1-55(2)47-27-19-34-13-9-11-17-41(34)53(47)44-25-22-39(32-51(44)55)58(38-21-24-43-46-29-36-15-7-8-16-37(36)30-49(46)57(5,6)50(43)31-38)40-23-26-45-52(33-40)56(3,4)48-28-20-35-14-10-12-18-42(35)54(45)48/h7-33H,1-6H3. The Hall–Kier alpha value is -6.44. The van der Waals surface area contributed by atoms with Crippen LogP contribution in [0.4, 0.5) is 17.1 Å². The first-order chi connectivity index (χ1) is 28.0. The van der Waals surface area contributed by atoms with E-state index in [1.807, 2.05) is 0 Å². The molecule has 12 rings (SSSR count). The number of anilines is 3. The van der Waals surface area contributed by atoms with E-state index in [9.17, 15) is 0 Å². The normalized spacial score (nSPS) is 15.8. The van der Waals surface area contributed by atoms with Crippen LogP contribution < -0.4 is 4.90 Å². The molecule has 1 heteroatoms. The summed E-state index contributed by atoms with van der Waals surface area (Å²) in [5.41, 5.74) is 19.6. The Labute approximate surface area is 341 Å². The van der Waals surface area contributed by atoms with Crippen molar-refractivity contribution in [1.82, 2.24) is 0 Å². The van der Waals surface area contributed by atoms with E-state index in [0.717, 1.165) is 0 Å². The summed E-state index contributed by atoms with van der Waals surface area (Å²) in [6.45, 7) is 14.4. The average Bonchev–Trinajstić information content (AvgIpc) is 3.72. The zero-order valence-electron chi connectivity index (χ0n) is 34.0. The van der Waals surface area contributed by atoms with Gasteiger partial charge in [-0.1, -0.05) is 157 Å². The topological polar surface area (TPSA) is 3.24 Å². The van der Waals surface area contributed by atoms with Crippen LogP contribution >= 0.6 is 0 Å². The predicted octanol–water partition coefficient (Wildman–Crippen LogP) is 15.5. The van der Waals surface area contributed by atoms with Crippen LogP contribution in [0.15, 0.2) is 164 Å². The lowest BCUT2D eigenvalue weighted by molar-refractivity contribution is 0.660. The lowest BCUT2D eigenvalue weighted by atomic mass is 9.81. The molecule has 9 aromatic rings. The molecule has 0 amide bonds. The third-order valence-electron chi connectivity index (χ3n) is 14.4. The highest BCUT2D eigenvalue weighted by atomic mass is 15.1. The molecule has 0 heterocycles. The van der Waals surface area contributed by atoms with Gasteiger partial charge in [-0.15, -0.1) is 0 Å². The molecule has 58 heavy (non-hydrogen) atoms. The summed E-state index contributed by atoms with van der Waals surface area (Å²) in [4.78, 5) is 2.53. The second-order valence-electron chi connectivity index (χ2n) is 18.6. The van der Waals surface area contributed by atoms with Crippen molar-refractivity contribution in [2.45, 2.75) is 57.8 Å². The van der Waals surface area contributed by atoms with Crippen LogP contribution in [0.3, 0.4) is 0 Å². The fourth-order valence-corrected chi connectivity index (χ4v) is 11.3. The second kappa shape index (κ2) is 11.4. The third kappa shape index (κ3) is 4.37. The van der Waals surface area contributed by atoms with Crippen molar-refractivity contribution >= 4 is 49.4 Å². The van der Waals surface area contributed by atoms with E-state index in [2.05, 4.69) is 210 Å². The van der Waals surface area contributed by atoms with Crippen LogP contribution in [0.5, 0.6) is 0 Å². The summed E-state index contributed by atoms with van der Waals surface area (Å²) in [6, 6.07) is 62.4. The molecule has 0 unspecified atom stereocenters. The average molecular weight is 744 g/mol. The summed E-state index contributed by atoms with van der Waals surface area (Å²) >= 11 is 0. The Morgan fingerprint density at radius 2 is 0.672 bits per heavy atom. The van der Waals surface area contributed by atoms with Gasteiger partial charge in [-0.3, -0.25) is 0 Å². The lowest BCUT2D eigenvalue weighted by Crippen LogP contribution is -2.19. The number of fused-ring (bicyclic) bond motifs is 14. The van der Waals surface area contributed by atoms with Crippen LogP contribution in [0.2, 0.25) is 0 Å².